The van der Waals surface area contributed by atoms with E-state index in [0.29, 0.717) is 31.2 Å². The highest BCUT2D eigenvalue weighted by molar-refractivity contribution is 9.10. The number of carbonyl (C=O) groups is 1. The van der Waals surface area contributed by atoms with Gasteiger partial charge < -0.3 is 20.1 Å². The van der Waals surface area contributed by atoms with Gasteiger partial charge in [0.25, 0.3) is 5.91 Å². The lowest BCUT2D eigenvalue weighted by Gasteiger charge is -2.18. The molecule has 0 saturated carbocycles. The number of halogens is 1. The molecule has 3 rings (SSSR count). The molecule has 3 aromatic rings. The quantitative estimate of drug-likeness (QED) is 0.373. The minimum atomic E-state index is -0.185. The Kier molecular flexibility index (Phi) is 9.13. The average Bonchev–Trinajstić information content (AvgIpc) is 2.83. The highest BCUT2D eigenvalue weighted by atomic mass is 79.9. The van der Waals surface area contributed by atoms with Gasteiger partial charge in [-0.2, -0.15) is 0 Å². The van der Waals surface area contributed by atoms with Crippen molar-refractivity contribution in [3.05, 3.63) is 94.0 Å². The average molecular weight is 497 g/mol. The number of benzene rings is 3. The molecule has 0 spiro atoms. The largest absolute Gasteiger partial charge is 0.490 e. The summed E-state index contributed by atoms with van der Waals surface area (Å²) in [5.41, 5.74) is 3.33. The first-order valence-corrected chi connectivity index (χ1v) is 11.5. The Bertz CT molecular complexity index is 997. The minimum Gasteiger partial charge on any atom is -0.490 e. The van der Waals surface area contributed by atoms with Crippen molar-refractivity contribution in [3.63, 3.8) is 0 Å². The second-order valence-corrected chi connectivity index (χ2v) is 8.24. The van der Waals surface area contributed by atoms with Gasteiger partial charge in [0.15, 0.2) is 18.1 Å². The summed E-state index contributed by atoms with van der Waals surface area (Å²) in [7, 11) is 0. The van der Waals surface area contributed by atoms with Crippen LogP contribution in [0.5, 0.6) is 11.5 Å². The van der Waals surface area contributed by atoms with Crippen molar-refractivity contribution < 1.29 is 14.3 Å². The second-order valence-electron chi connectivity index (χ2n) is 7.39. The van der Waals surface area contributed by atoms with E-state index in [-0.39, 0.29) is 18.6 Å². The third kappa shape index (κ3) is 7.11. The number of rotatable bonds is 11. The molecule has 1 amide bonds. The Balaban J connectivity index is 1.59. The van der Waals surface area contributed by atoms with Crippen LogP contribution in [0.4, 0.5) is 0 Å². The monoisotopic (exact) mass is 496 g/mol. The molecule has 0 saturated heterocycles. The zero-order valence-corrected chi connectivity index (χ0v) is 20.0. The van der Waals surface area contributed by atoms with Gasteiger partial charge in [-0.15, -0.1) is 0 Å². The highest BCUT2D eigenvalue weighted by Crippen LogP contribution is 2.34. The zero-order valence-electron chi connectivity index (χ0n) is 18.4. The van der Waals surface area contributed by atoms with Crippen LogP contribution in [0.1, 0.15) is 36.6 Å². The molecule has 32 heavy (non-hydrogen) atoms. The summed E-state index contributed by atoms with van der Waals surface area (Å²) in [6.45, 7) is 5.61. The molecule has 5 nitrogen and oxygen atoms in total. The number of hydrogen-bond acceptors (Lipinski definition) is 4. The summed E-state index contributed by atoms with van der Waals surface area (Å²) in [4.78, 5) is 12.2. The molecule has 1 atom stereocenters. The molecule has 0 fully saturated rings. The van der Waals surface area contributed by atoms with Crippen molar-refractivity contribution in [2.75, 3.05) is 13.2 Å². The summed E-state index contributed by atoms with van der Waals surface area (Å²) in [5, 5.41) is 6.41. The van der Waals surface area contributed by atoms with E-state index in [1.54, 1.807) is 0 Å². The topological polar surface area (TPSA) is 59.6 Å². The maximum Gasteiger partial charge on any atom is 0.258 e. The van der Waals surface area contributed by atoms with Crippen molar-refractivity contribution in [1.29, 1.82) is 0 Å². The van der Waals surface area contributed by atoms with E-state index in [4.69, 9.17) is 9.47 Å². The van der Waals surface area contributed by atoms with E-state index >= 15 is 0 Å². The highest BCUT2D eigenvalue weighted by Gasteiger charge is 2.14. The molecule has 0 aliphatic heterocycles. The van der Waals surface area contributed by atoms with E-state index in [2.05, 4.69) is 45.6 Å². The van der Waals surface area contributed by atoms with Crippen molar-refractivity contribution in [2.24, 2.45) is 0 Å². The minimum absolute atomic E-state index is 0.0814. The van der Waals surface area contributed by atoms with Crippen molar-refractivity contribution in [2.45, 2.75) is 33.0 Å². The predicted molar refractivity (Wildman–Crippen MR) is 131 cm³/mol. The van der Waals surface area contributed by atoms with Gasteiger partial charge >= 0.3 is 0 Å². The summed E-state index contributed by atoms with van der Waals surface area (Å²) in [6, 6.07) is 24.1. The molecular formula is C26H29BrN2O3. The summed E-state index contributed by atoms with van der Waals surface area (Å²) in [5.74, 6) is 0.971. The van der Waals surface area contributed by atoms with Crippen molar-refractivity contribution in [1.82, 2.24) is 10.6 Å². The molecule has 2 N–H and O–H groups in total. The SMILES string of the molecule is CCOc1cc(CN[C@@H](C)c2ccccc2)c(Br)cc1OCC(=O)NCc1ccccc1. The van der Waals surface area contributed by atoms with E-state index in [9.17, 15) is 4.79 Å². The Morgan fingerprint density at radius 2 is 1.59 bits per heavy atom. The van der Waals surface area contributed by atoms with Crippen molar-refractivity contribution in [3.8, 4) is 11.5 Å². The van der Waals surface area contributed by atoms with Crippen LogP contribution in [-0.4, -0.2) is 19.1 Å². The van der Waals surface area contributed by atoms with E-state index in [0.717, 1.165) is 15.6 Å². The molecule has 0 aliphatic carbocycles. The number of nitrogens with one attached hydrogen (secondary N) is 2. The molecule has 0 unspecified atom stereocenters. The Hall–Kier alpha value is -2.83. The molecular weight excluding hydrogens is 468 g/mol. The fourth-order valence-corrected chi connectivity index (χ4v) is 3.67. The third-order valence-electron chi connectivity index (χ3n) is 5.00. The Morgan fingerprint density at radius 1 is 0.938 bits per heavy atom. The van der Waals surface area contributed by atoms with E-state index in [1.165, 1.54) is 5.56 Å². The van der Waals surface area contributed by atoms with Crippen LogP contribution in [-0.2, 0) is 17.9 Å². The van der Waals surface area contributed by atoms with E-state index in [1.807, 2.05) is 67.6 Å². The molecule has 0 heterocycles. The smallest absolute Gasteiger partial charge is 0.258 e. The fourth-order valence-electron chi connectivity index (χ4n) is 3.21. The third-order valence-corrected chi connectivity index (χ3v) is 5.74. The first kappa shape index (κ1) is 23.8. The molecule has 0 aliphatic rings. The lowest BCUT2D eigenvalue weighted by Crippen LogP contribution is -2.28. The van der Waals surface area contributed by atoms with Gasteiger partial charge in [-0.05, 0) is 42.7 Å². The van der Waals surface area contributed by atoms with Crippen molar-refractivity contribution >= 4 is 21.8 Å². The first-order chi connectivity index (χ1) is 15.6. The van der Waals surface area contributed by atoms with Gasteiger partial charge in [-0.25, -0.2) is 0 Å². The van der Waals surface area contributed by atoms with Crippen LogP contribution in [0.15, 0.2) is 77.3 Å². The molecule has 3 aromatic carbocycles. The van der Waals surface area contributed by atoms with Crippen LogP contribution in [0.25, 0.3) is 0 Å². The summed E-state index contributed by atoms with van der Waals surface area (Å²) in [6.07, 6.45) is 0. The zero-order chi connectivity index (χ0) is 22.8. The van der Waals surface area contributed by atoms with E-state index < -0.39 is 0 Å². The molecule has 0 radical (unpaired) electrons. The number of ether oxygens (including phenoxy) is 2. The second kappa shape index (κ2) is 12.3. The number of carbonyl (C=O) groups excluding carboxylic acids is 1. The lowest BCUT2D eigenvalue weighted by molar-refractivity contribution is -0.123. The first-order valence-electron chi connectivity index (χ1n) is 10.7. The van der Waals surface area contributed by atoms with Gasteiger partial charge in [0.05, 0.1) is 6.61 Å². The molecule has 0 aromatic heterocycles. The Labute approximate surface area is 198 Å². The fraction of sp³-hybridized carbons (Fsp3) is 0.269. The standard InChI is InChI=1S/C26H29BrN2O3/c1-3-31-24-14-22(17-28-19(2)21-12-8-5-9-13-21)23(27)15-25(24)32-18-26(30)29-16-20-10-6-4-7-11-20/h4-15,19,28H,3,16-18H2,1-2H3,(H,29,30)/t19-/m0/s1. The van der Waals surface area contributed by atoms with Crippen LogP contribution >= 0.6 is 15.9 Å². The summed E-state index contributed by atoms with van der Waals surface area (Å²) < 4.78 is 12.5. The number of hydrogen-bond donors (Lipinski definition) is 2. The normalized spacial score (nSPS) is 11.6. The van der Waals surface area contributed by atoms with Gasteiger partial charge in [0.2, 0.25) is 0 Å². The molecule has 0 bridgehead atoms. The van der Waals surface area contributed by atoms with Gasteiger partial charge in [-0.1, -0.05) is 76.6 Å². The van der Waals surface area contributed by atoms with Crippen LogP contribution < -0.4 is 20.1 Å². The maximum absolute atomic E-state index is 12.2. The van der Waals surface area contributed by atoms with Gasteiger partial charge in [-0.3, -0.25) is 4.79 Å². The van der Waals surface area contributed by atoms with Gasteiger partial charge in [0, 0.05) is 23.6 Å². The van der Waals surface area contributed by atoms with Gasteiger partial charge in [0.1, 0.15) is 0 Å². The van der Waals surface area contributed by atoms with Crippen LogP contribution in [0.2, 0.25) is 0 Å². The summed E-state index contributed by atoms with van der Waals surface area (Å²) >= 11 is 3.63. The predicted octanol–water partition coefficient (Wildman–Crippen LogP) is 5.39. The molecule has 168 valence electrons. The lowest BCUT2D eigenvalue weighted by atomic mass is 10.1. The maximum atomic E-state index is 12.2. The Morgan fingerprint density at radius 3 is 2.28 bits per heavy atom. The van der Waals surface area contributed by atoms with Crippen LogP contribution in [0, 0.1) is 0 Å². The number of amides is 1. The van der Waals surface area contributed by atoms with Crippen LogP contribution in [0.3, 0.4) is 0 Å². The molecule has 6 heteroatoms.